The fraction of sp³-hybridized carbons (Fsp3) is 0.414. The number of ether oxygens (including phenoxy) is 1. The van der Waals surface area contributed by atoms with Gasteiger partial charge < -0.3 is 14.6 Å². The third-order valence-corrected chi connectivity index (χ3v) is 7.27. The summed E-state index contributed by atoms with van der Waals surface area (Å²) in [5, 5.41) is 23.4. The number of anilines is 2. The Balaban J connectivity index is 1.39. The lowest BCUT2D eigenvalue weighted by molar-refractivity contribution is 0.102. The van der Waals surface area contributed by atoms with E-state index in [9.17, 15) is 10.1 Å². The number of nitrogens with one attached hydrogen (secondary N) is 1. The van der Waals surface area contributed by atoms with E-state index in [4.69, 9.17) is 4.74 Å². The fourth-order valence-corrected chi connectivity index (χ4v) is 4.81. The molecule has 5 rings (SSSR count). The molecule has 1 fully saturated rings. The van der Waals surface area contributed by atoms with Gasteiger partial charge in [-0.25, -0.2) is 9.99 Å². The smallest absolute Gasteiger partial charge is 0.255 e. The minimum absolute atomic E-state index is 0.120. The van der Waals surface area contributed by atoms with Crippen LogP contribution in [0, 0.1) is 18.3 Å². The van der Waals surface area contributed by atoms with E-state index in [1.807, 2.05) is 49.4 Å². The first-order valence-electron chi connectivity index (χ1n) is 12.8. The molecule has 2 heterocycles. The summed E-state index contributed by atoms with van der Waals surface area (Å²) in [6.07, 6.45) is 4.30. The zero-order valence-corrected chi connectivity index (χ0v) is 22.7. The van der Waals surface area contributed by atoms with Crippen LogP contribution >= 0.6 is 0 Å². The first-order chi connectivity index (χ1) is 18.1. The van der Waals surface area contributed by atoms with Crippen molar-refractivity contribution in [2.75, 3.05) is 24.0 Å². The fourth-order valence-electron chi connectivity index (χ4n) is 4.81. The second-order valence-electron chi connectivity index (χ2n) is 11.1. The lowest BCUT2D eigenvalue weighted by Gasteiger charge is -2.22. The summed E-state index contributed by atoms with van der Waals surface area (Å²) in [6.45, 7) is 8.74. The Morgan fingerprint density at radius 3 is 2.63 bits per heavy atom. The standard InChI is InChI=1S/C29H33N7O2/c1-17-7-8-19(28(37)32-22-13-21(29(2,3)4)11-20(14-30)26(22)38-6)12-24(17)36-16-23(33-34-36)25-15-31-27(35(25)5)18-9-10-18/h7-8,11-13,15,18,23H,9-10,16H2,1-6H3,(H,32,37). The monoisotopic (exact) mass is 511 g/mol. The molecule has 0 saturated heterocycles. The van der Waals surface area contributed by atoms with Gasteiger partial charge in [-0.05, 0) is 60.6 Å². The van der Waals surface area contributed by atoms with E-state index in [1.165, 1.54) is 20.0 Å². The topological polar surface area (TPSA) is 108 Å². The van der Waals surface area contributed by atoms with Crippen molar-refractivity contribution in [3.63, 3.8) is 0 Å². The van der Waals surface area contributed by atoms with Crippen LogP contribution in [0.15, 0.2) is 46.9 Å². The van der Waals surface area contributed by atoms with Crippen molar-refractivity contribution in [3.05, 3.63) is 70.3 Å². The molecular weight excluding hydrogens is 478 g/mol. The van der Waals surface area contributed by atoms with Gasteiger partial charge in [0.05, 0.1) is 42.5 Å². The Morgan fingerprint density at radius 1 is 1.21 bits per heavy atom. The van der Waals surface area contributed by atoms with Gasteiger partial charge in [-0.3, -0.25) is 4.79 Å². The third-order valence-electron chi connectivity index (χ3n) is 7.27. The van der Waals surface area contributed by atoms with Gasteiger partial charge in [0.1, 0.15) is 17.9 Å². The largest absolute Gasteiger partial charge is 0.493 e. The lowest BCUT2D eigenvalue weighted by Crippen LogP contribution is -2.20. The lowest BCUT2D eigenvalue weighted by atomic mass is 9.85. The highest BCUT2D eigenvalue weighted by Gasteiger charge is 2.32. The maximum Gasteiger partial charge on any atom is 0.255 e. The van der Waals surface area contributed by atoms with Crippen LogP contribution in [0.3, 0.4) is 0 Å². The van der Waals surface area contributed by atoms with Gasteiger partial charge in [0.25, 0.3) is 5.91 Å². The van der Waals surface area contributed by atoms with E-state index >= 15 is 0 Å². The maximum atomic E-state index is 13.4. The van der Waals surface area contributed by atoms with E-state index in [2.05, 4.69) is 52.0 Å². The molecule has 1 aromatic heterocycles. The number of hydrogen-bond acceptors (Lipinski definition) is 7. The van der Waals surface area contributed by atoms with Crippen LogP contribution in [0.4, 0.5) is 11.4 Å². The number of methoxy groups -OCH3 is 1. The molecule has 9 nitrogen and oxygen atoms in total. The Labute approximate surface area is 223 Å². The second-order valence-corrected chi connectivity index (χ2v) is 11.1. The number of nitriles is 1. The Kier molecular flexibility index (Phi) is 6.43. The molecule has 1 aliphatic carbocycles. The molecule has 2 aromatic carbocycles. The maximum absolute atomic E-state index is 13.4. The zero-order valence-electron chi connectivity index (χ0n) is 22.7. The highest BCUT2D eigenvalue weighted by atomic mass is 16.5. The van der Waals surface area contributed by atoms with Gasteiger partial charge in [-0.15, -0.1) is 0 Å². The summed E-state index contributed by atoms with van der Waals surface area (Å²) >= 11 is 0. The number of amides is 1. The van der Waals surface area contributed by atoms with E-state index in [1.54, 1.807) is 6.07 Å². The van der Waals surface area contributed by atoms with Crippen LogP contribution in [0.25, 0.3) is 0 Å². The second kappa shape index (κ2) is 9.60. The van der Waals surface area contributed by atoms with Crippen LogP contribution in [-0.4, -0.2) is 29.1 Å². The number of rotatable bonds is 6. The van der Waals surface area contributed by atoms with Crippen LogP contribution in [0.2, 0.25) is 0 Å². The average Bonchev–Trinajstić information content (AvgIpc) is 3.48. The van der Waals surface area contributed by atoms with Crippen LogP contribution in [0.1, 0.15) is 84.1 Å². The molecule has 1 unspecified atom stereocenters. The van der Waals surface area contributed by atoms with Crippen molar-refractivity contribution >= 4 is 17.3 Å². The van der Waals surface area contributed by atoms with E-state index < -0.39 is 0 Å². The Morgan fingerprint density at radius 2 is 1.97 bits per heavy atom. The molecule has 1 amide bonds. The predicted molar refractivity (Wildman–Crippen MR) is 146 cm³/mol. The molecule has 0 bridgehead atoms. The summed E-state index contributed by atoms with van der Waals surface area (Å²) in [5.41, 5.74) is 4.89. The van der Waals surface area contributed by atoms with Gasteiger partial charge in [-0.1, -0.05) is 32.1 Å². The quantitative estimate of drug-likeness (QED) is 0.439. The number of aromatic nitrogens is 2. The van der Waals surface area contributed by atoms with Gasteiger partial charge in [0.15, 0.2) is 5.75 Å². The van der Waals surface area contributed by atoms with Crippen molar-refractivity contribution < 1.29 is 9.53 Å². The number of imidazole rings is 1. The number of hydrogen-bond donors (Lipinski definition) is 1. The Bertz CT molecular complexity index is 1470. The highest BCUT2D eigenvalue weighted by Crippen LogP contribution is 2.41. The molecule has 1 saturated carbocycles. The van der Waals surface area contributed by atoms with Crippen molar-refractivity contribution in [3.8, 4) is 11.8 Å². The zero-order chi connectivity index (χ0) is 27.2. The summed E-state index contributed by atoms with van der Waals surface area (Å²) in [6, 6.07) is 11.3. The average molecular weight is 512 g/mol. The minimum atomic E-state index is -0.298. The van der Waals surface area contributed by atoms with Crippen molar-refractivity contribution in [2.24, 2.45) is 17.4 Å². The third kappa shape index (κ3) is 4.74. The molecule has 9 heteroatoms. The molecule has 0 radical (unpaired) electrons. The van der Waals surface area contributed by atoms with E-state index in [0.717, 1.165) is 28.3 Å². The van der Waals surface area contributed by atoms with E-state index in [0.29, 0.717) is 35.0 Å². The molecule has 1 atom stereocenters. The number of nitrogens with zero attached hydrogens (tertiary/aromatic N) is 6. The summed E-state index contributed by atoms with van der Waals surface area (Å²) in [5.74, 6) is 1.73. The molecule has 1 aliphatic heterocycles. The van der Waals surface area contributed by atoms with Crippen molar-refractivity contribution in [1.82, 2.24) is 9.55 Å². The molecule has 3 aromatic rings. The molecular formula is C29H33N7O2. The number of carbonyl (C=O) groups is 1. The summed E-state index contributed by atoms with van der Waals surface area (Å²) < 4.78 is 7.65. The molecule has 196 valence electrons. The number of aryl methyl sites for hydroxylation is 1. The van der Waals surface area contributed by atoms with E-state index in [-0.39, 0.29) is 17.4 Å². The number of carbonyl (C=O) groups excluding carboxylic acids is 1. The predicted octanol–water partition coefficient (Wildman–Crippen LogP) is 5.96. The van der Waals surface area contributed by atoms with Gasteiger partial charge >= 0.3 is 0 Å². The summed E-state index contributed by atoms with van der Waals surface area (Å²) in [7, 11) is 3.54. The highest BCUT2D eigenvalue weighted by molar-refractivity contribution is 6.06. The van der Waals surface area contributed by atoms with Gasteiger partial charge in [0.2, 0.25) is 0 Å². The van der Waals surface area contributed by atoms with Crippen LogP contribution in [-0.2, 0) is 12.5 Å². The van der Waals surface area contributed by atoms with Gasteiger partial charge in [0, 0.05) is 18.5 Å². The molecule has 2 aliphatic rings. The molecule has 38 heavy (non-hydrogen) atoms. The molecule has 1 N–H and O–H groups in total. The minimum Gasteiger partial charge on any atom is -0.493 e. The number of benzene rings is 2. The first kappa shape index (κ1) is 25.5. The first-order valence-corrected chi connectivity index (χ1v) is 12.8. The summed E-state index contributed by atoms with van der Waals surface area (Å²) in [4.78, 5) is 18.0. The van der Waals surface area contributed by atoms with Crippen LogP contribution < -0.4 is 15.1 Å². The Hall–Kier alpha value is -4.19. The SMILES string of the molecule is COc1c(C#N)cc(C(C)(C)C)cc1NC(=O)c1ccc(C)c(N2CC(c3cnc(C4CC4)n3C)N=N2)c1. The van der Waals surface area contributed by atoms with Gasteiger partial charge in [-0.2, -0.15) is 10.4 Å². The molecule has 0 spiro atoms. The van der Waals surface area contributed by atoms with Crippen molar-refractivity contribution in [1.29, 1.82) is 5.26 Å². The van der Waals surface area contributed by atoms with Crippen LogP contribution in [0.5, 0.6) is 5.75 Å². The normalized spacial score (nSPS) is 17.0. The van der Waals surface area contributed by atoms with Crippen molar-refractivity contribution in [2.45, 2.75) is 57.9 Å².